The molecule has 1 N–H and O–H groups in total. The summed E-state index contributed by atoms with van der Waals surface area (Å²) in [6.45, 7) is 3.51. The summed E-state index contributed by atoms with van der Waals surface area (Å²) in [5, 5.41) is 3.26. The largest absolute Gasteiger partial charge is 0.493 e. The molecule has 2 aromatic rings. The second kappa shape index (κ2) is 7.09. The molecule has 0 fully saturated rings. The van der Waals surface area contributed by atoms with Crippen LogP contribution in [-0.4, -0.2) is 20.8 Å². The molecule has 0 spiro atoms. The summed E-state index contributed by atoms with van der Waals surface area (Å²) in [5.74, 6) is 0.990. The molecule has 3 nitrogen and oxygen atoms in total. The van der Waals surface area contributed by atoms with Crippen molar-refractivity contribution < 1.29 is 13.9 Å². The Balaban J connectivity index is 2.58. The number of hydrogen-bond donors (Lipinski definition) is 1. The van der Waals surface area contributed by atoms with E-state index < -0.39 is 0 Å². The molecule has 0 aromatic heterocycles. The summed E-state index contributed by atoms with van der Waals surface area (Å²) >= 11 is 0. The lowest BCUT2D eigenvalue weighted by molar-refractivity contribution is 0.354. The van der Waals surface area contributed by atoms with Gasteiger partial charge in [-0.1, -0.05) is 25.1 Å². The highest BCUT2D eigenvalue weighted by molar-refractivity contribution is 5.71. The van der Waals surface area contributed by atoms with Crippen LogP contribution in [0.4, 0.5) is 4.39 Å². The molecule has 112 valence electrons. The Morgan fingerprint density at radius 1 is 1.00 bits per heavy atom. The zero-order chi connectivity index (χ0) is 15.2. The molecule has 0 heterocycles. The van der Waals surface area contributed by atoms with Gasteiger partial charge in [0.25, 0.3) is 0 Å². The van der Waals surface area contributed by atoms with Gasteiger partial charge in [-0.15, -0.1) is 0 Å². The molecule has 0 radical (unpaired) electrons. The summed E-state index contributed by atoms with van der Waals surface area (Å²) in [6, 6.07) is 10.5. The molecule has 2 rings (SSSR count). The number of halogens is 1. The quantitative estimate of drug-likeness (QED) is 0.881. The van der Waals surface area contributed by atoms with Crippen molar-refractivity contribution in [2.45, 2.75) is 13.5 Å². The molecule has 0 unspecified atom stereocenters. The minimum absolute atomic E-state index is 0.248. The van der Waals surface area contributed by atoms with E-state index in [0.717, 1.165) is 17.7 Å². The molecule has 0 bridgehead atoms. The average molecular weight is 289 g/mol. The van der Waals surface area contributed by atoms with Crippen LogP contribution in [0.2, 0.25) is 0 Å². The van der Waals surface area contributed by atoms with Crippen LogP contribution in [0, 0.1) is 5.82 Å². The van der Waals surface area contributed by atoms with Gasteiger partial charge < -0.3 is 14.8 Å². The zero-order valence-electron chi connectivity index (χ0n) is 12.6. The third kappa shape index (κ3) is 3.34. The van der Waals surface area contributed by atoms with E-state index in [-0.39, 0.29) is 5.82 Å². The number of hydrogen-bond acceptors (Lipinski definition) is 3. The summed E-state index contributed by atoms with van der Waals surface area (Å²) in [7, 11) is 3.17. The number of benzene rings is 2. The number of ether oxygens (including phenoxy) is 2. The van der Waals surface area contributed by atoms with E-state index in [2.05, 4.69) is 5.32 Å². The van der Waals surface area contributed by atoms with E-state index in [1.165, 1.54) is 6.07 Å². The Bertz CT molecular complexity index is 614. The van der Waals surface area contributed by atoms with Gasteiger partial charge >= 0.3 is 0 Å². The van der Waals surface area contributed by atoms with Crippen LogP contribution in [0.3, 0.4) is 0 Å². The lowest BCUT2D eigenvalue weighted by Crippen LogP contribution is -2.13. The number of rotatable bonds is 6. The van der Waals surface area contributed by atoms with E-state index in [9.17, 15) is 4.39 Å². The van der Waals surface area contributed by atoms with Gasteiger partial charge in [0, 0.05) is 12.1 Å². The predicted octanol–water partition coefficient (Wildman–Crippen LogP) is 3.62. The summed E-state index contributed by atoms with van der Waals surface area (Å²) in [4.78, 5) is 0. The van der Waals surface area contributed by atoms with Crippen molar-refractivity contribution in [1.29, 1.82) is 0 Å². The Morgan fingerprint density at radius 3 is 2.29 bits per heavy atom. The standard InChI is InChI=1S/C17H20FNO2/c1-4-19-11-12-9-16(20-2)17(21-3)10-14(12)13-7-5-6-8-15(13)18/h5-10,19H,4,11H2,1-3H3. The predicted molar refractivity (Wildman–Crippen MR) is 82.3 cm³/mol. The molecule has 0 amide bonds. The first kappa shape index (κ1) is 15.3. The van der Waals surface area contributed by atoms with Crippen molar-refractivity contribution in [3.8, 4) is 22.6 Å². The molecule has 0 aliphatic rings. The molecule has 0 saturated heterocycles. The number of nitrogens with one attached hydrogen (secondary N) is 1. The van der Waals surface area contributed by atoms with Crippen LogP contribution in [0.1, 0.15) is 12.5 Å². The lowest BCUT2D eigenvalue weighted by atomic mass is 9.98. The van der Waals surface area contributed by atoms with Crippen LogP contribution in [-0.2, 0) is 6.54 Å². The van der Waals surface area contributed by atoms with Crippen molar-refractivity contribution in [2.24, 2.45) is 0 Å². The van der Waals surface area contributed by atoms with E-state index in [1.807, 2.05) is 25.1 Å². The summed E-state index contributed by atoms with van der Waals surface area (Å²) in [5.41, 5.74) is 2.35. The Labute approximate surface area is 124 Å². The van der Waals surface area contributed by atoms with Gasteiger partial charge in [-0.3, -0.25) is 0 Å². The van der Waals surface area contributed by atoms with Crippen LogP contribution in [0.5, 0.6) is 11.5 Å². The molecule has 21 heavy (non-hydrogen) atoms. The van der Waals surface area contributed by atoms with Crippen LogP contribution in [0.15, 0.2) is 36.4 Å². The Morgan fingerprint density at radius 2 is 1.67 bits per heavy atom. The molecule has 4 heteroatoms. The second-order valence-electron chi connectivity index (χ2n) is 4.62. The monoisotopic (exact) mass is 289 g/mol. The smallest absolute Gasteiger partial charge is 0.161 e. The fourth-order valence-corrected chi connectivity index (χ4v) is 2.26. The Kier molecular flexibility index (Phi) is 5.17. The summed E-state index contributed by atoms with van der Waals surface area (Å²) in [6.07, 6.45) is 0. The molecular formula is C17H20FNO2. The van der Waals surface area contributed by atoms with E-state index in [4.69, 9.17) is 9.47 Å². The van der Waals surface area contributed by atoms with Gasteiger partial charge in [-0.25, -0.2) is 4.39 Å². The maximum atomic E-state index is 14.1. The topological polar surface area (TPSA) is 30.5 Å². The van der Waals surface area contributed by atoms with E-state index >= 15 is 0 Å². The van der Waals surface area contributed by atoms with Gasteiger partial charge in [0.1, 0.15) is 5.82 Å². The first-order chi connectivity index (χ1) is 10.2. The first-order valence-corrected chi connectivity index (χ1v) is 6.91. The Hall–Kier alpha value is -2.07. The zero-order valence-corrected chi connectivity index (χ0v) is 12.6. The summed E-state index contributed by atoms with van der Waals surface area (Å²) < 4.78 is 24.8. The van der Waals surface area contributed by atoms with Gasteiger partial charge in [0.2, 0.25) is 0 Å². The first-order valence-electron chi connectivity index (χ1n) is 6.91. The fraction of sp³-hybridized carbons (Fsp3) is 0.294. The second-order valence-corrected chi connectivity index (χ2v) is 4.62. The number of methoxy groups -OCH3 is 2. The minimum atomic E-state index is -0.248. The molecule has 0 saturated carbocycles. The maximum absolute atomic E-state index is 14.1. The third-order valence-corrected chi connectivity index (χ3v) is 3.34. The molecular weight excluding hydrogens is 269 g/mol. The SMILES string of the molecule is CCNCc1cc(OC)c(OC)cc1-c1ccccc1F. The maximum Gasteiger partial charge on any atom is 0.161 e. The van der Waals surface area contributed by atoms with Gasteiger partial charge in [0.15, 0.2) is 11.5 Å². The highest BCUT2D eigenvalue weighted by Gasteiger charge is 2.14. The van der Waals surface area contributed by atoms with Gasteiger partial charge in [0.05, 0.1) is 14.2 Å². The van der Waals surface area contributed by atoms with E-state index in [1.54, 1.807) is 26.4 Å². The third-order valence-electron chi connectivity index (χ3n) is 3.34. The van der Waals surface area contributed by atoms with Crippen molar-refractivity contribution in [3.63, 3.8) is 0 Å². The molecule has 0 aliphatic heterocycles. The van der Waals surface area contributed by atoms with E-state index in [0.29, 0.717) is 23.6 Å². The van der Waals surface area contributed by atoms with Crippen molar-refractivity contribution in [1.82, 2.24) is 5.32 Å². The highest BCUT2D eigenvalue weighted by atomic mass is 19.1. The lowest BCUT2D eigenvalue weighted by Gasteiger charge is -2.16. The van der Waals surface area contributed by atoms with Crippen molar-refractivity contribution in [3.05, 3.63) is 47.8 Å². The van der Waals surface area contributed by atoms with Crippen molar-refractivity contribution >= 4 is 0 Å². The molecule has 0 atom stereocenters. The van der Waals surface area contributed by atoms with Crippen molar-refractivity contribution in [2.75, 3.05) is 20.8 Å². The van der Waals surface area contributed by atoms with Gasteiger partial charge in [-0.05, 0) is 35.9 Å². The molecule has 0 aliphatic carbocycles. The minimum Gasteiger partial charge on any atom is -0.493 e. The molecule has 2 aromatic carbocycles. The van der Waals surface area contributed by atoms with Crippen LogP contribution in [0.25, 0.3) is 11.1 Å². The normalized spacial score (nSPS) is 10.5. The van der Waals surface area contributed by atoms with Crippen LogP contribution < -0.4 is 14.8 Å². The fourth-order valence-electron chi connectivity index (χ4n) is 2.26. The van der Waals surface area contributed by atoms with Gasteiger partial charge in [-0.2, -0.15) is 0 Å². The average Bonchev–Trinajstić information content (AvgIpc) is 2.52. The van der Waals surface area contributed by atoms with Crippen LogP contribution >= 0.6 is 0 Å². The highest BCUT2D eigenvalue weighted by Crippen LogP contribution is 2.36.